The molecule has 0 amide bonds. The Labute approximate surface area is 183 Å². The summed E-state index contributed by atoms with van der Waals surface area (Å²) in [5.74, 6) is 2.03. The summed E-state index contributed by atoms with van der Waals surface area (Å²) < 4.78 is 11.7. The van der Waals surface area contributed by atoms with E-state index in [2.05, 4.69) is 0 Å². The Kier molecular flexibility index (Phi) is 5.37. The van der Waals surface area contributed by atoms with Crippen molar-refractivity contribution >= 4 is 10.8 Å². The summed E-state index contributed by atoms with van der Waals surface area (Å²) in [5.41, 5.74) is 1.09. The standard InChI is InChI=1S/C26H12N4O2/c27-13-18-3-7-25(11-21(18)15-29)31-23-5-1-17-2-6-24(10-20(17)9-23)32-26-8-4-19(14-28)22(12-26)16-30/h1-12H. The molecule has 0 aliphatic rings. The summed E-state index contributed by atoms with van der Waals surface area (Å²) in [6.07, 6.45) is 0. The minimum atomic E-state index is 0.251. The lowest BCUT2D eigenvalue weighted by Crippen LogP contribution is -1.90. The van der Waals surface area contributed by atoms with E-state index in [1.165, 1.54) is 12.1 Å². The zero-order valence-corrected chi connectivity index (χ0v) is 16.5. The second kappa shape index (κ2) is 8.60. The van der Waals surface area contributed by atoms with Gasteiger partial charge >= 0.3 is 0 Å². The number of hydrogen-bond donors (Lipinski definition) is 0. The SMILES string of the molecule is N#Cc1ccc(Oc2ccc3ccc(Oc4ccc(C#N)c(C#N)c4)cc3c2)cc1C#N. The van der Waals surface area contributed by atoms with E-state index in [1.54, 1.807) is 24.3 Å². The summed E-state index contributed by atoms with van der Waals surface area (Å²) in [6, 6.07) is 28.5. The van der Waals surface area contributed by atoms with Crippen LogP contribution in [0.4, 0.5) is 0 Å². The topological polar surface area (TPSA) is 114 Å². The molecule has 0 aliphatic carbocycles. The molecule has 0 aliphatic heterocycles. The fourth-order valence-corrected chi connectivity index (χ4v) is 3.16. The lowest BCUT2D eigenvalue weighted by atomic mass is 10.1. The zero-order valence-electron chi connectivity index (χ0n) is 16.5. The van der Waals surface area contributed by atoms with Gasteiger partial charge in [-0.25, -0.2) is 0 Å². The quantitative estimate of drug-likeness (QED) is 0.411. The molecule has 0 aromatic heterocycles. The number of nitriles is 4. The maximum atomic E-state index is 9.19. The first-order chi connectivity index (χ1) is 15.6. The van der Waals surface area contributed by atoms with E-state index in [1.807, 2.05) is 60.7 Å². The molecule has 0 radical (unpaired) electrons. The highest BCUT2D eigenvalue weighted by molar-refractivity contribution is 5.85. The molecular formula is C26H12N4O2. The van der Waals surface area contributed by atoms with Crippen LogP contribution in [0.3, 0.4) is 0 Å². The Bertz CT molecular complexity index is 1420. The van der Waals surface area contributed by atoms with Gasteiger partial charge in [-0.3, -0.25) is 0 Å². The molecule has 32 heavy (non-hydrogen) atoms. The van der Waals surface area contributed by atoms with Crippen molar-refractivity contribution in [1.29, 1.82) is 21.0 Å². The second-order valence-electron chi connectivity index (χ2n) is 6.74. The van der Waals surface area contributed by atoms with Crippen LogP contribution in [0, 0.1) is 45.3 Å². The monoisotopic (exact) mass is 412 g/mol. The molecule has 0 saturated heterocycles. The van der Waals surface area contributed by atoms with Gasteiger partial charge in [0.2, 0.25) is 0 Å². The first kappa shape index (κ1) is 20.0. The van der Waals surface area contributed by atoms with Crippen molar-refractivity contribution in [2.24, 2.45) is 0 Å². The van der Waals surface area contributed by atoms with Crippen LogP contribution in [-0.4, -0.2) is 0 Å². The molecule has 0 spiro atoms. The van der Waals surface area contributed by atoms with Crippen LogP contribution in [0.5, 0.6) is 23.0 Å². The van der Waals surface area contributed by atoms with Gasteiger partial charge in [0.15, 0.2) is 0 Å². The van der Waals surface area contributed by atoms with Gasteiger partial charge in [-0.05, 0) is 71.4 Å². The Morgan fingerprint density at radius 2 is 0.781 bits per heavy atom. The Hall–Kier alpha value is -5.30. The molecule has 0 bridgehead atoms. The summed E-state index contributed by atoms with van der Waals surface area (Å²) in [7, 11) is 0. The Morgan fingerprint density at radius 1 is 0.406 bits per heavy atom. The summed E-state index contributed by atoms with van der Waals surface area (Å²) >= 11 is 0. The third-order valence-corrected chi connectivity index (χ3v) is 4.72. The second-order valence-corrected chi connectivity index (χ2v) is 6.74. The smallest absolute Gasteiger partial charge is 0.128 e. The lowest BCUT2D eigenvalue weighted by Gasteiger charge is -2.10. The van der Waals surface area contributed by atoms with E-state index in [0.717, 1.165) is 10.8 Å². The van der Waals surface area contributed by atoms with Gasteiger partial charge in [0, 0.05) is 0 Å². The summed E-state index contributed by atoms with van der Waals surface area (Å²) in [6.45, 7) is 0. The molecule has 0 heterocycles. The molecule has 0 atom stereocenters. The van der Waals surface area contributed by atoms with E-state index in [0.29, 0.717) is 34.1 Å². The van der Waals surface area contributed by atoms with Crippen LogP contribution in [0.25, 0.3) is 10.8 Å². The molecule has 4 aromatic carbocycles. The first-order valence-corrected chi connectivity index (χ1v) is 9.41. The predicted molar refractivity (Wildman–Crippen MR) is 116 cm³/mol. The van der Waals surface area contributed by atoms with E-state index in [-0.39, 0.29) is 11.1 Å². The average molecular weight is 412 g/mol. The molecule has 4 rings (SSSR count). The molecule has 148 valence electrons. The molecule has 0 N–H and O–H groups in total. The van der Waals surface area contributed by atoms with Crippen molar-refractivity contribution in [3.05, 3.63) is 95.1 Å². The summed E-state index contributed by atoms with van der Waals surface area (Å²) in [4.78, 5) is 0. The average Bonchev–Trinajstić information content (AvgIpc) is 2.83. The van der Waals surface area contributed by atoms with Gasteiger partial charge in [0.1, 0.15) is 47.3 Å². The Morgan fingerprint density at radius 3 is 1.19 bits per heavy atom. The molecule has 6 nitrogen and oxygen atoms in total. The maximum absolute atomic E-state index is 9.19. The van der Waals surface area contributed by atoms with Gasteiger partial charge in [-0.1, -0.05) is 12.1 Å². The van der Waals surface area contributed by atoms with Crippen LogP contribution in [0.1, 0.15) is 22.3 Å². The van der Waals surface area contributed by atoms with Gasteiger partial charge in [-0.15, -0.1) is 0 Å². The highest BCUT2D eigenvalue weighted by Gasteiger charge is 2.08. The number of ether oxygens (including phenoxy) is 2. The lowest BCUT2D eigenvalue weighted by molar-refractivity contribution is 0.481. The predicted octanol–water partition coefficient (Wildman–Crippen LogP) is 5.91. The molecule has 6 heteroatoms. The van der Waals surface area contributed by atoms with Crippen molar-refractivity contribution < 1.29 is 9.47 Å². The van der Waals surface area contributed by atoms with Gasteiger partial charge in [0.25, 0.3) is 0 Å². The fraction of sp³-hybridized carbons (Fsp3) is 0. The minimum Gasteiger partial charge on any atom is -0.457 e. The van der Waals surface area contributed by atoms with Crippen LogP contribution in [0.15, 0.2) is 72.8 Å². The third-order valence-electron chi connectivity index (χ3n) is 4.72. The molecule has 4 aromatic rings. The van der Waals surface area contributed by atoms with Gasteiger partial charge in [0.05, 0.1) is 22.3 Å². The number of benzene rings is 4. The molecular weight excluding hydrogens is 400 g/mol. The zero-order chi connectivity index (χ0) is 22.5. The summed E-state index contributed by atoms with van der Waals surface area (Å²) in [5, 5.41) is 38.3. The van der Waals surface area contributed by atoms with Crippen molar-refractivity contribution in [1.82, 2.24) is 0 Å². The Balaban J connectivity index is 1.61. The van der Waals surface area contributed by atoms with E-state index >= 15 is 0 Å². The number of fused-ring (bicyclic) bond motifs is 1. The van der Waals surface area contributed by atoms with Crippen molar-refractivity contribution in [3.8, 4) is 47.3 Å². The van der Waals surface area contributed by atoms with E-state index in [4.69, 9.17) is 20.0 Å². The van der Waals surface area contributed by atoms with E-state index < -0.39 is 0 Å². The number of hydrogen-bond acceptors (Lipinski definition) is 6. The molecule has 0 fully saturated rings. The van der Waals surface area contributed by atoms with Crippen molar-refractivity contribution in [2.45, 2.75) is 0 Å². The van der Waals surface area contributed by atoms with Gasteiger partial charge in [-0.2, -0.15) is 21.0 Å². The van der Waals surface area contributed by atoms with Gasteiger partial charge < -0.3 is 9.47 Å². The minimum absolute atomic E-state index is 0.251. The van der Waals surface area contributed by atoms with Crippen LogP contribution in [0.2, 0.25) is 0 Å². The van der Waals surface area contributed by atoms with Crippen LogP contribution < -0.4 is 9.47 Å². The fourth-order valence-electron chi connectivity index (χ4n) is 3.16. The third kappa shape index (κ3) is 4.03. The van der Waals surface area contributed by atoms with E-state index in [9.17, 15) is 10.5 Å². The molecule has 0 saturated carbocycles. The largest absolute Gasteiger partial charge is 0.457 e. The van der Waals surface area contributed by atoms with Crippen molar-refractivity contribution in [3.63, 3.8) is 0 Å². The first-order valence-electron chi connectivity index (χ1n) is 9.41. The van der Waals surface area contributed by atoms with Crippen LogP contribution in [-0.2, 0) is 0 Å². The highest BCUT2D eigenvalue weighted by atomic mass is 16.5. The van der Waals surface area contributed by atoms with Crippen molar-refractivity contribution in [2.75, 3.05) is 0 Å². The van der Waals surface area contributed by atoms with Crippen LogP contribution >= 0.6 is 0 Å². The maximum Gasteiger partial charge on any atom is 0.128 e. The number of rotatable bonds is 4. The molecule has 0 unspecified atom stereocenters. The highest BCUT2D eigenvalue weighted by Crippen LogP contribution is 2.31. The normalized spacial score (nSPS) is 9.75. The number of nitrogens with zero attached hydrogens (tertiary/aromatic N) is 4.